The van der Waals surface area contributed by atoms with E-state index in [9.17, 15) is 9.59 Å². The summed E-state index contributed by atoms with van der Waals surface area (Å²) in [5, 5.41) is 6.99. The Morgan fingerprint density at radius 3 is 2.76 bits per heavy atom. The topological polar surface area (TPSA) is 70.5 Å². The summed E-state index contributed by atoms with van der Waals surface area (Å²) in [4.78, 5) is 28.0. The maximum atomic E-state index is 12.2. The minimum atomic E-state index is -0.119. The van der Waals surface area contributed by atoms with Crippen molar-refractivity contribution in [2.24, 2.45) is 7.05 Å². The van der Waals surface area contributed by atoms with Gasteiger partial charge in [-0.25, -0.2) is 4.68 Å². The van der Waals surface area contributed by atoms with Crippen LogP contribution < -0.4 is 15.8 Å². The number of hydrogen-bond donors (Lipinski definition) is 1. The molecule has 1 aromatic carbocycles. The van der Waals surface area contributed by atoms with Crippen molar-refractivity contribution in [3.63, 3.8) is 0 Å². The zero-order chi connectivity index (χ0) is 18.0. The van der Waals surface area contributed by atoms with Gasteiger partial charge in [0, 0.05) is 37.9 Å². The predicted octanol–water partition coefficient (Wildman–Crippen LogP) is 0.848. The molecule has 0 atom stereocenters. The summed E-state index contributed by atoms with van der Waals surface area (Å²) in [6, 6.07) is 9.61. The molecule has 0 saturated carbocycles. The van der Waals surface area contributed by atoms with Crippen LogP contribution in [-0.4, -0.2) is 53.3 Å². The molecule has 2 heterocycles. The Hall–Kier alpha value is -2.67. The summed E-state index contributed by atoms with van der Waals surface area (Å²) in [7, 11) is 3.58. The van der Waals surface area contributed by atoms with Gasteiger partial charge in [-0.05, 0) is 25.6 Å². The fourth-order valence-electron chi connectivity index (χ4n) is 2.84. The molecule has 1 aromatic heterocycles. The van der Waals surface area contributed by atoms with Crippen molar-refractivity contribution in [2.45, 2.75) is 13.0 Å². The molecule has 2 aromatic rings. The summed E-state index contributed by atoms with van der Waals surface area (Å²) < 4.78 is 1.31. The summed E-state index contributed by atoms with van der Waals surface area (Å²) in [6.45, 7) is 3.87. The van der Waals surface area contributed by atoms with E-state index in [1.165, 1.54) is 4.68 Å². The van der Waals surface area contributed by atoms with Crippen molar-refractivity contribution < 1.29 is 4.79 Å². The lowest BCUT2D eigenvalue weighted by atomic mass is 10.1. The van der Waals surface area contributed by atoms with Gasteiger partial charge in [0.2, 0.25) is 5.91 Å². The van der Waals surface area contributed by atoms with Crippen LogP contribution >= 0.6 is 0 Å². The number of nitrogens with zero attached hydrogens (tertiary/aromatic N) is 4. The van der Waals surface area contributed by atoms with Crippen LogP contribution in [0.5, 0.6) is 0 Å². The second kappa shape index (κ2) is 7.06. The average molecular weight is 341 g/mol. The molecule has 1 aliphatic rings. The van der Waals surface area contributed by atoms with Crippen molar-refractivity contribution in [1.82, 2.24) is 14.7 Å². The van der Waals surface area contributed by atoms with Crippen LogP contribution in [0.3, 0.4) is 0 Å². The van der Waals surface area contributed by atoms with E-state index in [2.05, 4.69) is 15.3 Å². The van der Waals surface area contributed by atoms with Gasteiger partial charge in [-0.1, -0.05) is 18.2 Å². The van der Waals surface area contributed by atoms with E-state index in [1.807, 2.05) is 43.1 Å². The van der Waals surface area contributed by atoms with Gasteiger partial charge in [-0.3, -0.25) is 14.5 Å². The summed E-state index contributed by atoms with van der Waals surface area (Å²) >= 11 is 0. The minimum absolute atomic E-state index is 0.0227. The largest absolute Gasteiger partial charge is 0.367 e. The Labute approximate surface area is 146 Å². The number of carbonyl (C=O) groups is 1. The molecular formula is C18H23N5O2. The molecule has 0 radical (unpaired) electrons. The second-order valence-corrected chi connectivity index (χ2v) is 6.51. The number of benzene rings is 1. The first kappa shape index (κ1) is 17.2. The first-order valence-corrected chi connectivity index (χ1v) is 8.28. The third-order valence-corrected chi connectivity index (χ3v) is 4.62. The number of nitrogens with one attached hydrogen (secondary N) is 1. The van der Waals surface area contributed by atoms with Crippen molar-refractivity contribution >= 4 is 17.3 Å². The standard InChI is InChI=1S/C18H23N5O2/c1-13-6-4-5-7-16(13)20-17(24)12-21(2)15-10-23(11-15)14-8-18(25)22(3)19-9-14/h4-9,15H,10-12H2,1-3H3,(H,20,24). The number of likely N-dealkylation sites (N-methyl/N-ethyl adjacent to an activating group) is 1. The van der Waals surface area contributed by atoms with Crippen LogP contribution in [0, 0.1) is 6.92 Å². The van der Waals surface area contributed by atoms with Gasteiger partial charge in [0.05, 0.1) is 18.4 Å². The zero-order valence-electron chi connectivity index (χ0n) is 14.8. The normalized spacial score (nSPS) is 14.5. The minimum Gasteiger partial charge on any atom is -0.367 e. The van der Waals surface area contributed by atoms with E-state index in [1.54, 1.807) is 19.3 Å². The number of hydrogen-bond acceptors (Lipinski definition) is 5. The number of rotatable bonds is 5. The Balaban J connectivity index is 1.51. The van der Waals surface area contributed by atoms with Gasteiger partial charge < -0.3 is 10.2 Å². The summed E-state index contributed by atoms with van der Waals surface area (Å²) in [5.74, 6) is -0.0227. The third kappa shape index (κ3) is 3.88. The van der Waals surface area contributed by atoms with Crippen molar-refractivity contribution in [3.05, 3.63) is 52.4 Å². The Kier molecular flexibility index (Phi) is 4.85. The molecule has 1 N–H and O–H groups in total. The van der Waals surface area contributed by atoms with Crippen LogP contribution in [0.2, 0.25) is 0 Å². The molecule has 132 valence electrons. The highest BCUT2D eigenvalue weighted by atomic mass is 16.2. The van der Waals surface area contributed by atoms with Crippen LogP contribution in [0.4, 0.5) is 11.4 Å². The Morgan fingerprint density at radius 1 is 1.36 bits per heavy atom. The van der Waals surface area contributed by atoms with Crippen molar-refractivity contribution in [2.75, 3.05) is 36.9 Å². The molecule has 1 aliphatic heterocycles. The van der Waals surface area contributed by atoms with Crippen LogP contribution in [0.15, 0.2) is 41.3 Å². The number of amides is 1. The maximum Gasteiger partial charge on any atom is 0.268 e. The lowest BCUT2D eigenvalue weighted by molar-refractivity contribution is -0.117. The quantitative estimate of drug-likeness (QED) is 0.873. The van der Waals surface area contributed by atoms with E-state index in [0.717, 1.165) is 30.0 Å². The van der Waals surface area contributed by atoms with E-state index in [4.69, 9.17) is 0 Å². The maximum absolute atomic E-state index is 12.2. The molecule has 1 amide bonds. The van der Waals surface area contributed by atoms with E-state index >= 15 is 0 Å². The highest BCUT2D eigenvalue weighted by molar-refractivity contribution is 5.92. The van der Waals surface area contributed by atoms with E-state index < -0.39 is 0 Å². The summed E-state index contributed by atoms with van der Waals surface area (Å²) in [5.41, 5.74) is 2.61. The predicted molar refractivity (Wildman–Crippen MR) is 97.9 cm³/mol. The third-order valence-electron chi connectivity index (χ3n) is 4.62. The van der Waals surface area contributed by atoms with Gasteiger partial charge in [-0.15, -0.1) is 0 Å². The van der Waals surface area contributed by atoms with Crippen LogP contribution in [-0.2, 0) is 11.8 Å². The highest BCUT2D eigenvalue weighted by Crippen LogP contribution is 2.21. The van der Waals surface area contributed by atoms with Gasteiger partial charge in [-0.2, -0.15) is 5.10 Å². The molecule has 0 spiro atoms. The van der Waals surface area contributed by atoms with E-state index in [-0.39, 0.29) is 17.5 Å². The molecule has 0 aliphatic carbocycles. The molecule has 1 fully saturated rings. The van der Waals surface area contributed by atoms with Gasteiger partial charge in [0.1, 0.15) is 0 Å². The molecule has 0 unspecified atom stereocenters. The van der Waals surface area contributed by atoms with Gasteiger partial charge in [0.25, 0.3) is 5.56 Å². The first-order chi connectivity index (χ1) is 11.9. The van der Waals surface area contributed by atoms with Crippen LogP contribution in [0.1, 0.15) is 5.56 Å². The van der Waals surface area contributed by atoms with Crippen LogP contribution in [0.25, 0.3) is 0 Å². The molecule has 7 nitrogen and oxygen atoms in total. The smallest absolute Gasteiger partial charge is 0.268 e. The van der Waals surface area contributed by atoms with E-state index in [0.29, 0.717) is 6.54 Å². The Bertz CT molecular complexity index is 826. The average Bonchev–Trinajstić information content (AvgIpc) is 2.51. The fourth-order valence-corrected chi connectivity index (χ4v) is 2.84. The first-order valence-electron chi connectivity index (χ1n) is 8.28. The zero-order valence-corrected chi connectivity index (χ0v) is 14.8. The fraction of sp³-hybridized carbons (Fsp3) is 0.389. The summed E-state index contributed by atoms with van der Waals surface area (Å²) in [6.07, 6.45) is 1.70. The second-order valence-electron chi connectivity index (χ2n) is 6.51. The van der Waals surface area contributed by atoms with Gasteiger partial charge in [0.15, 0.2) is 0 Å². The molecule has 7 heteroatoms. The number of carbonyl (C=O) groups excluding carboxylic acids is 1. The SMILES string of the molecule is Cc1ccccc1NC(=O)CN(C)C1CN(c2cnn(C)c(=O)c2)C1. The Morgan fingerprint density at radius 2 is 2.08 bits per heavy atom. The molecule has 0 bridgehead atoms. The number of para-hydroxylation sites is 1. The molecular weight excluding hydrogens is 318 g/mol. The molecule has 1 saturated heterocycles. The number of aryl methyl sites for hydroxylation is 2. The van der Waals surface area contributed by atoms with Crippen molar-refractivity contribution in [3.8, 4) is 0 Å². The van der Waals surface area contributed by atoms with Gasteiger partial charge >= 0.3 is 0 Å². The number of aromatic nitrogens is 2. The monoisotopic (exact) mass is 341 g/mol. The highest BCUT2D eigenvalue weighted by Gasteiger charge is 2.31. The molecule has 3 rings (SSSR count). The van der Waals surface area contributed by atoms with Crippen molar-refractivity contribution in [1.29, 1.82) is 0 Å². The lowest BCUT2D eigenvalue weighted by Crippen LogP contribution is -2.59. The lowest BCUT2D eigenvalue weighted by Gasteiger charge is -2.45. The molecule has 25 heavy (non-hydrogen) atoms. The number of anilines is 2.